The van der Waals surface area contributed by atoms with E-state index in [1.165, 1.54) is 11.3 Å². The molecule has 32 heavy (non-hydrogen) atoms. The van der Waals surface area contributed by atoms with E-state index in [9.17, 15) is 4.79 Å². The number of aromatic nitrogens is 4. The molecule has 3 heterocycles. The fraction of sp³-hybridized carbons (Fsp3) is 0.440. The van der Waals surface area contributed by atoms with Crippen LogP contribution in [0.15, 0.2) is 36.7 Å². The van der Waals surface area contributed by atoms with Gasteiger partial charge in [0.05, 0.1) is 5.69 Å². The number of hydrogen-bond acceptors (Lipinski definition) is 5. The molecule has 0 spiro atoms. The summed E-state index contributed by atoms with van der Waals surface area (Å²) in [6.45, 7) is 9.91. The second kappa shape index (κ2) is 9.10. The second-order valence-electron chi connectivity index (χ2n) is 9.82. The van der Waals surface area contributed by atoms with Crippen molar-refractivity contribution in [3.8, 4) is 11.3 Å². The Bertz CT molecular complexity index is 1090. The maximum absolute atomic E-state index is 12.8. The number of fused-ring (bicyclic) bond motifs is 1. The molecule has 0 atom stereocenters. The van der Waals surface area contributed by atoms with Crippen molar-refractivity contribution < 1.29 is 4.79 Å². The lowest BCUT2D eigenvalue weighted by atomic mass is 9.76. The summed E-state index contributed by atoms with van der Waals surface area (Å²) in [6, 6.07) is 7.74. The summed E-state index contributed by atoms with van der Waals surface area (Å²) in [5, 5.41) is 14.2. The van der Waals surface area contributed by atoms with Gasteiger partial charge in [0.15, 0.2) is 0 Å². The molecule has 3 aromatic rings. The van der Waals surface area contributed by atoms with Crippen LogP contribution in [0.5, 0.6) is 0 Å². The molecule has 1 aliphatic rings. The molecule has 7 heteroatoms. The fourth-order valence-electron chi connectivity index (χ4n) is 4.04. The number of amides is 1. The Kier molecular flexibility index (Phi) is 6.26. The molecule has 0 saturated carbocycles. The quantitative estimate of drug-likeness (QED) is 0.515. The van der Waals surface area contributed by atoms with Crippen LogP contribution in [-0.4, -0.2) is 32.6 Å². The van der Waals surface area contributed by atoms with Crippen LogP contribution in [0.1, 0.15) is 61.4 Å². The van der Waals surface area contributed by atoms with E-state index >= 15 is 0 Å². The van der Waals surface area contributed by atoms with E-state index in [0.717, 1.165) is 36.1 Å². The molecule has 0 unspecified atom stereocenters. The predicted molar refractivity (Wildman–Crippen MR) is 126 cm³/mol. The van der Waals surface area contributed by atoms with E-state index in [1.54, 1.807) is 6.20 Å². The summed E-state index contributed by atoms with van der Waals surface area (Å²) in [6.07, 6.45) is 6.64. The number of nitrogens with zero attached hydrogens (tertiary/aromatic N) is 3. The van der Waals surface area contributed by atoms with Gasteiger partial charge in [0.1, 0.15) is 11.5 Å². The summed E-state index contributed by atoms with van der Waals surface area (Å²) < 4.78 is 0. The van der Waals surface area contributed by atoms with Gasteiger partial charge in [0, 0.05) is 42.3 Å². The van der Waals surface area contributed by atoms with E-state index in [-0.39, 0.29) is 11.3 Å². The molecule has 0 bridgehead atoms. The minimum Gasteiger partial charge on any atom is -0.366 e. The largest absolute Gasteiger partial charge is 0.366 e. The average molecular weight is 433 g/mol. The predicted octanol–water partition coefficient (Wildman–Crippen LogP) is 4.38. The first-order valence-corrected chi connectivity index (χ1v) is 11.3. The Balaban J connectivity index is 1.66. The minimum absolute atomic E-state index is 0.171. The lowest BCUT2D eigenvalue weighted by Crippen LogP contribution is -2.28. The van der Waals surface area contributed by atoms with Crippen LogP contribution < -0.4 is 10.6 Å². The normalized spacial score (nSPS) is 14.8. The second-order valence-corrected chi connectivity index (χ2v) is 9.82. The molecule has 7 nitrogen and oxygen atoms in total. The van der Waals surface area contributed by atoms with Gasteiger partial charge in [0.25, 0.3) is 5.91 Å². The van der Waals surface area contributed by atoms with Gasteiger partial charge < -0.3 is 10.6 Å². The Hall–Kier alpha value is -3.22. The van der Waals surface area contributed by atoms with Crippen molar-refractivity contribution in [3.63, 3.8) is 0 Å². The molecular weight excluding hydrogens is 400 g/mol. The third kappa shape index (κ3) is 5.15. The van der Waals surface area contributed by atoms with Crippen LogP contribution >= 0.6 is 0 Å². The van der Waals surface area contributed by atoms with Gasteiger partial charge in [-0.2, -0.15) is 5.10 Å². The lowest BCUT2D eigenvalue weighted by Gasteiger charge is -2.29. The van der Waals surface area contributed by atoms with Gasteiger partial charge in [-0.25, -0.2) is 4.98 Å². The highest BCUT2D eigenvalue weighted by molar-refractivity contribution is 5.94. The highest BCUT2D eigenvalue weighted by Gasteiger charge is 2.29. The number of nitrogens with one attached hydrogen (secondary N) is 3. The van der Waals surface area contributed by atoms with Gasteiger partial charge in [-0.1, -0.05) is 33.8 Å². The number of rotatable bonds is 7. The first-order chi connectivity index (χ1) is 15.3. The zero-order valence-corrected chi connectivity index (χ0v) is 19.3. The van der Waals surface area contributed by atoms with Crippen LogP contribution in [0.2, 0.25) is 0 Å². The van der Waals surface area contributed by atoms with E-state index in [4.69, 9.17) is 0 Å². The average Bonchev–Trinajstić information content (AvgIpc) is 3.18. The van der Waals surface area contributed by atoms with E-state index in [2.05, 4.69) is 58.5 Å². The van der Waals surface area contributed by atoms with Crippen molar-refractivity contribution in [2.24, 2.45) is 11.3 Å². The van der Waals surface area contributed by atoms with Crippen molar-refractivity contribution in [2.75, 3.05) is 11.9 Å². The number of carbonyl (C=O) groups excluding carboxylic acids is 1. The molecule has 0 saturated heterocycles. The van der Waals surface area contributed by atoms with E-state index < -0.39 is 0 Å². The summed E-state index contributed by atoms with van der Waals surface area (Å²) in [5.74, 6) is 0.844. The Morgan fingerprint density at radius 1 is 1.28 bits per heavy atom. The van der Waals surface area contributed by atoms with Gasteiger partial charge in [-0.05, 0) is 54.4 Å². The molecule has 1 aliphatic carbocycles. The molecule has 0 fully saturated rings. The van der Waals surface area contributed by atoms with Gasteiger partial charge in [-0.3, -0.25) is 14.9 Å². The monoisotopic (exact) mass is 432 g/mol. The number of pyridine rings is 2. The zero-order valence-electron chi connectivity index (χ0n) is 19.3. The van der Waals surface area contributed by atoms with Crippen molar-refractivity contribution in [2.45, 2.75) is 53.5 Å². The van der Waals surface area contributed by atoms with Gasteiger partial charge >= 0.3 is 0 Å². The molecule has 1 amide bonds. The van der Waals surface area contributed by atoms with E-state index in [1.807, 2.05) is 30.5 Å². The van der Waals surface area contributed by atoms with Crippen LogP contribution in [0.25, 0.3) is 11.3 Å². The number of H-pyrrole nitrogens is 1. The highest BCUT2D eigenvalue weighted by Crippen LogP contribution is 2.38. The summed E-state index contributed by atoms with van der Waals surface area (Å²) in [7, 11) is 0. The number of aromatic amines is 1. The minimum atomic E-state index is -0.171. The van der Waals surface area contributed by atoms with Crippen molar-refractivity contribution in [1.82, 2.24) is 25.5 Å². The van der Waals surface area contributed by atoms with E-state index in [0.29, 0.717) is 30.5 Å². The molecule has 4 rings (SSSR count). The smallest absolute Gasteiger partial charge is 0.270 e. The lowest BCUT2D eigenvalue weighted by molar-refractivity contribution is 0.0944. The van der Waals surface area contributed by atoms with Crippen LogP contribution in [0.3, 0.4) is 0 Å². The Morgan fingerprint density at radius 3 is 2.88 bits per heavy atom. The van der Waals surface area contributed by atoms with Crippen LogP contribution in [0.4, 0.5) is 5.82 Å². The SMILES string of the molecule is CC(C)CNC(=O)c1cc(-c2n[nH]c3c2CCC(C)(C)C3)cc(NCc2cccnc2)n1. The number of anilines is 1. The first kappa shape index (κ1) is 22.0. The standard InChI is InChI=1S/C25H32N6O/c1-16(2)13-28-24(32)20-10-18(11-22(29-20)27-15-17-6-5-9-26-14-17)23-19-7-8-25(3,4)12-21(19)30-31-23/h5-6,9-11,14,16H,7-8,12-13,15H2,1-4H3,(H,27,29)(H,28,32)(H,30,31). The van der Waals surface area contributed by atoms with Gasteiger partial charge in [-0.15, -0.1) is 0 Å². The Morgan fingerprint density at radius 2 is 2.12 bits per heavy atom. The number of hydrogen-bond donors (Lipinski definition) is 3. The van der Waals surface area contributed by atoms with Crippen LogP contribution in [0, 0.1) is 11.3 Å². The summed E-state index contributed by atoms with van der Waals surface area (Å²) in [5.41, 5.74) is 5.98. The summed E-state index contributed by atoms with van der Waals surface area (Å²) >= 11 is 0. The number of carbonyl (C=O) groups is 1. The maximum atomic E-state index is 12.8. The third-order valence-electron chi connectivity index (χ3n) is 5.86. The third-order valence-corrected chi connectivity index (χ3v) is 5.86. The zero-order chi connectivity index (χ0) is 22.7. The van der Waals surface area contributed by atoms with Crippen molar-refractivity contribution in [3.05, 3.63) is 59.2 Å². The van der Waals surface area contributed by atoms with Crippen molar-refractivity contribution in [1.29, 1.82) is 0 Å². The fourth-order valence-corrected chi connectivity index (χ4v) is 4.04. The maximum Gasteiger partial charge on any atom is 0.270 e. The molecule has 168 valence electrons. The molecule has 0 radical (unpaired) electrons. The Labute approximate surface area is 189 Å². The van der Waals surface area contributed by atoms with Crippen molar-refractivity contribution >= 4 is 11.7 Å². The molecule has 0 aliphatic heterocycles. The topological polar surface area (TPSA) is 95.6 Å². The molecule has 3 N–H and O–H groups in total. The molecular formula is C25H32N6O. The first-order valence-electron chi connectivity index (χ1n) is 11.3. The summed E-state index contributed by atoms with van der Waals surface area (Å²) in [4.78, 5) is 21.6. The molecule has 0 aromatic carbocycles. The highest BCUT2D eigenvalue weighted by atomic mass is 16.1. The van der Waals surface area contributed by atoms with Gasteiger partial charge in [0.2, 0.25) is 0 Å². The van der Waals surface area contributed by atoms with Crippen LogP contribution in [-0.2, 0) is 19.4 Å². The molecule has 3 aromatic heterocycles.